The number of ether oxygens (including phenoxy) is 2. The molecule has 8 heteroatoms. The molecule has 1 atom stereocenters. The van der Waals surface area contributed by atoms with Crippen LogP contribution in [0.3, 0.4) is 0 Å². The predicted molar refractivity (Wildman–Crippen MR) is 107 cm³/mol. The highest BCUT2D eigenvalue weighted by Crippen LogP contribution is 2.40. The minimum Gasteiger partial charge on any atom is -0.457 e. The summed E-state index contributed by atoms with van der Waals surface area (Å²) in [5, 5.41) is 0.986. The Morgan fingerprint density at radius 1 is 1.30 bits per heavy atom. The number of fused-ring (bicyclic) bond motifs is 5. The Morgan fingerprint density at radius 2 is 2.10 bits per heavy atom. The van der Waals surface area contributed by atoms with Gasteiger partial charge in [0.05, 0.1) is 35.6 Å². The van der Waals surface area contributed by atoms with E-state index in [1.54, 1.807) is 17.6 Å². The van der Waals surface area contributed by atoms with Crippen molar-refractivity contribution in [3.05, 3.63) is 63.4 Å². The highest BCUT2D eigenvalue weighted by Gasteiger charge is 2.50. The molecule has 0 aliphatic carbocycles. The smallest absolute Gasteiger partial charge is 0.355 e. The van der Waals surface area contributed by atoms with Crippen LogP contribution in [0.25, 0.3) is 22.3 Å². The number of nitrogens with zero attached hydrogens (tertiary/aromatic N) is 2. The van der Waals surface area contributed by atoms with Crippen LogP contribution < -0.4 is 11.3 Å². The van der Waals surface area contributed by atoms with Crippen LogP contribution in [0.1, 0.15) is 30.0 Å². The van der Waals surface area contributed by atoms with Crippen LogP contribution in [0.15, 0.2) is 41.2 Å². The summed E-state index contributed by atoms with van der Waals surface area (Å²) < 4.78 is 12.4. The molecule has 5 rings (SSSR count). The van der Waals surface area contributed by atoms with Gasteiger partial charge in [-0.25, -0.2) is 9.78 Å². The van der Waals surface area contributed by atoms with Crippen molar-refractivity contribution >= 4 is 22.8 Å². The van der Waals surface area contributed by atoms with E-state index in [2.05, 4.69) is 0 Å². The fourth-order valence-electron chi connectivity index (χ4n) is 4.32. The van der Waals surface area contributed by atoms with E-state index in [-0.39, 0.29) is 25.1 Å². The fraction of sp³-hybridized carbons (Fsp3) is 0.273. The van der Waals surface area contributed by atoms with Gasteiger partial charge in [0.2, 0.25) is 5.60 Å². The maximum absolute atomic E-state index is 13.3. The van der Waals surface area contributed by atoms with Gasteiger partial charge < -0.3 is 19.8 Å². The number of carbonyl (C=O) groups excluding carboxylic acids is 2. The first-order valence-electron chi connectivity index (χ1n) is 9.74. The Labute approximate surface area is 171 Å². The molecular weight excluding hydrogens is 386 g/mol. The molecule has 0 saturated heterocycles. The first-order valence-corrected chi connectivity index (χ1v) is 9.74. The van der Waals surface area contributed by atoms with Crippen LogP contribution in [0.2, 0.25) is 0 Å². The summed E-state index contributed by atoms with van der Waals surface area (Å²) in [4.78, 5) is 42.8. The largest absolute Gasteiger partial charge is 0.457 e. The van der Waals surface area contributed by atoms with Gasteiger partial charge in [0.1, 0.15) is 6.61 Å². The lowest BCUT2D eigenvalue weighted by atomic mass is 9.85. The molecule has 0 amide bonds. The van der Waals surface area contributed by atoms with E-state index in [4.69, 9.17) is 20.2 Å². The summed E-state index contributed by atoms with van der Waals surface area (Å²) in [7, 11) is 0. The fourth-order valence-corrected chi connectivity index (χ4v) is 4.32. The monoisotopic (exact) mass is 405 g/mol. The standard InChI is InChI=1S/C22H19N3O5/c1-2-22(30-18(26)9-23)15-8-17-19-13(7-12-5-3-4-6-16(12)24-19)10-25(17)20(27)14(15)11-29-21(22)28/h3-8H,2,9-11,23H2,1H3/t22-/m0/s1. The number of cyclic esters (lactones) is 1. The average molecular weight is 405 g/mol. The SMILES string of the molecule is CC[C@@]1(OC(=O)CN)C(=O)OCc2c1cc1n(c2=O)Cc2cc3ccccc3nc2-1. The van der Waals surface area contributed by atoms with E-state index in [1.165, 1.54) is 0 Å². The summed E-state index contributed by atoms with van der Waals surface area (Å²) in [6, 6.07) is 11.5. The Hall–Kier alpha value is -3.52. The number of esters is 2. The van der Waals surface area contributed by atoms with Crippen LogP contribution in [-0.4, -0.2) is 28.0 Å². The number of carbonyl (C=O) groups is 2. The van der Waals surface area contributed by atoms with Gasteiger partial charge in [-0.3, -0.25) is 9.59 Å². The summed E-state index contributed by atoms with van der Waals surface area (Å²) in [6.45, 7) is 1.53. The third-order valence-corrected chi connectivity index (χ3v) is 5.84. The van der Waals surface area contributed by atoms with Crippen LogP contribution in [0.4, 0.5) is 0 Å². The van der Waals surface area contributed by atoms with Crippen molar-refractivity contribution in [3.63, 3.8) is 0 Å². The van der Waals surface area contributed by atoms with Crippen LogP contribution in [0, 0.1) is 0 Å². The molecule has 0 saturated carbocycles. The maximum atomic E-state index is 13.3. The number of pyridine rings is 2. The van der Waals surface area contributed by atoms with Gasteiger partial charge in [-0.15, -0.1) is 0 Å². The van der Waals surface area contributed by atoms with Crippen molar-refractivity contribution in [2.45, 2.75) is 32.1 Å². The zero-order valence-electron chi connectivity index (χ0n) is 16.3. The minimum absolute atomic E-state index is 0.117. The molecule has 0 spiro atoms. The maximum Gasteiger partial charge on any atom is 0.355 e. The third kappa shape index (κ3) is 2.43. The third-order valence-electron chi connectivity index (χ3n) is 5.84. The molecule has 30 heavy (non-hydrogen) atoms. The molecule has 0 radical (unpaired) electrons. The average Bonchev–Trinajstić information content (AvgIpc) is 3.12. The van der Waals surface area contributed by atoms with E-state index in [0.717, 1.165) is 16.5 Å². The Bertz CT molecular complexity index is 1300. The Morgan fingerprint density at radius 3 is 2.87 bits per heavy atom. The second-order valence-corrected chi connectivity index (χ2v) is 7.44. The first-order chi connectivity index (χ1) is 14.5. The predicted octanol–water partition coefficient (Wildman–Crippen LogP) is 1.59. The van der Waals surface area contributed by atoms with Gasteiger partial charge >= 0.3 is 11.9 Å². The van der Waals surface area contributed by atoms with Gasteiger partial charge in [-0.1, -0.05) is 25.1 Å². The van der Waals surface area contributed by atoms with E-state index >= 15 is 0 Å². The highest BCUT2D eigenvalue weighted by molar-refractivity contribution is 5.88. The van der Waals surface area contributed by atoms with Crippen molar-refractivity contribution < 1.29 is 19.1 Å². The number of benzene rings is 1. The molecule has 1 aromatic carbocycles. The van der Waals surface area contributed by atoms with E-state index in [1.807, 2.05) is 30.3 Å². The van der Waals surface area contributed by atoms with Crippen molar-refractivity contribution in [1.29, 1.82) is 0 Å². The summed E-state index contributed by atoms with van der Waals surface area (Å²) in [5.41, 5.74) is 7.09. The molecule has 152 valence electrons. The van der Waals surface area contributed by atoms with Gasteiger partial charge in [0, 0.05) is 16.5 Å². The lowest BCUT2D eigenvalue weighted by Crippen LogP contribution is -2.48. The molecule has 4 heterocycles. The van der Waals surface area contributed by atoms with Crippen LogP contribution in [-0.2, 0) is 37.8 Å². The van der Waals surface area contributed by atoms with Crippen LogP contribution in [0.5, 0.6) is 0 Å². The number of rotatable bonds is 3. The van der Waals surface area contributed by atoms with Gasteiger partial charge in [0.15, 0.2) is 0 Å². The molecule has 3 aromatic rings. The van der Waals surface area contributed by atoms with Crippen molar-refractivity contribution in [1.82, 2.24) is 9.55 Å². The number of aromatic nitrogens is 2. The van der Waals surface area contributed by atoms with Crippen molar-refractivity contribution in [3.8, 4) is 11.4 Å². The first kappa shape index (κ1) is 18.5. The summed E-state index contributed by atoms with van der Waals surface area (Å²) in [5.74, 6) is -1.44. The van der Waals surface area contributed by atoms with Gasteiger partial charge in [-0.2, -0.15) is 0 Å². The number of hydrogen-bond donors (Lipinski definition) is 1. The molecule has 0 fully saturated rings. The summed E-state index contributed by atoms with van der Waals surface area (Å²) >= 11 is 0. The lowest BCUT2D eigenvalue weighted by Gasteiger charge is -2.35. The van der Waals surface area contributed by atoms with Crippen LogP contribution >= 0.6 is 0 Å². The molecule has 2 aliphatic rings. The van der Waals surface area contributed by atoms with E-state index < -0.39 is 17.5 Å². The van der Waals surface area contributed by atoms with Gasteiger partial charge in [0.25, 0.3) is 5.56 Å². The number of nitrogens with two attached hydrogens (primary N) is 1. The molecule has 0 unspecified atom stereocenters. The van der Waals surface area contributed by atoms with Crippen molar-refractivity contribution in [2.75, 3.05) is 6.54 Å². The second-order valence-electron chi connectivity index (χ2n) is 7.44. The number of para-hydroxylation sites is 1. The molecular formula is C22H19N3O5. The zero-order chi connectivity index (χ0) is 21.0. The van der Waals surface area contributed by atoms with E-state index in [0.29, 0.717) is 29.1 Å². The Kier molecular flexibility index (Phi) is 4.01. The molecule has 2 aliphatic heterocycles. The molecule has 8 nitrogen and oxygen atoms in total. The van der Waals surface area contributed by atoms with E-state index in [9.17, 15) is 14.4 Å². The molecule has 2 aromatic heterocycles. The molecule has 2 N–H and O–H groups in total. The second kappa shape index (κ2) is 6.50. The quantitative estimate of drug-likeness (QED) is 0.515. The normalized spacial score (nSPS) is 19.1. The minimum atomic E-state index is -1.70. The summed E-state index contributed by atoms with van der Waals surface area (Å²) in [6.07, 6.45) is 0.117. The Balaban J connectivity index is 1.77. The van der Waals surface area contributed by atoms with Gasteiger partial charge in [-0.05, 0) is 24.6 Å². The zero-order valence-corrected chi connectivity index (χ0v) is 16.3. The number of hydrogen-bond acceptors (Lipinski definition) is 7. The topological polar surface area (TPSA) is 114 Å². The molecule has 0 bridgehead atoms. The van der Waals surface area contributed by atoms with Crippen molar-refractivity contribution in [2.24, 2.45) is 5.73 Å². The highest BCUT2D eigenvalue weighted by atomic mass is 16.6. The lowest BCUT2D eigenvalue weighted by molar-refractivity contribution is -0.188.